The van der Waals surface area contributed by atoms with Gasteiger partial charge in [-0.05, 0) is 62.6 Å². The zero-order valence-electron chi connectivity index (χ0n) is 24.3. The van der Waals surface area contributed by atoms with E-state index in [0.717, 1.165) is 54.6 Å². The molecule has 43 heavy (non-hydrogen) atoms. The van der Waals surface area contributed by atoms with Crippen LogP contribution in [0.4, 0.5) is 13.2 Å². The monoisotopic (exact) mass is 596 g/mol. The van der Waals surface area contributed by atoms with Crippen molar-refractivity contribution in [2.75, 3.05) is 46.4 Å². The van der Waals surface area contributed by atoms with E-state index in [1.165, 1.54) is 18.1 Å². The molecule has 6 rings (SSSR count). The van der Waals surface area contributed by atoms with Gasteiger partial charge in [-0.1, -0.05) is 6.07 Å². The number of nitrogens with one attached hydrogen (secondary N) is 1. The first kappa shape index (κ1) is 29.3. The number of ether oxygens (including phenoxy) is 2. The fourth-order valence-corrected chi connectivity index (χ4v) is 6.70. The lowest BCUT2D eigenvalue weighted by molar-refractivity contribution is -0.141. The second kappa shape index (κ2) is 11.7. The Balaban J connectivity index is 1.30. The minimum Gasteiger partial charge on any atom is -0.481 e. The van der Waals surface area contributed by atoms with Crippen LogP contribution in [0.3, 0.4) is 0 Å². The van der Waals surface area contributed by atoms with Gasteiger partial charge in [-0.2, -0.15) is 13.2 Å². The number of alkyl halides is 3. The first-order valence-corrected chi connectivity index (χ1v) is 14.7. The number of methoxy groups -OCH3 is 1. The molecular weight excluding hydrogens is 561 g/mol. The van der Waals surface area contributed by atoms with Gasteiger partial charge < -0.3 is 19.7 Å². The Morgan fingerprint density at radius 3 is 2.65 bits per heavy atom. The van der Waals surface area contributed by atoms with Gasteiger partial charge in [0.05, 0.1) is 36.2 Å². The zero-order chi connectivity index (χ0) is 30.2. The van der Waals surface area contributed by atoms with E-state index in [9.17, 15) is 18.0 Å². The molecule has 3 aliphatic rings. The molecule has 1 N–H and O–H groups in total. The van der Waals surface area contributed by atoms with Gasteiger partial charge in [0.25, 0.3) is 5.91 Å². The normalized spacial score (nSPS) is 20.2. The Morgan fingerprint density at radius 1 is 1.14 bits per heavy atom. The minimum atomic E-state index is -4.78. The van der Waals surface area contributed by atoms with Crippen molar-refractivity contribution >= 4 is 5.91 Å². The fourth-order valence-electron chi connectivity index (χ4n) is 6.70. The van der Waals surface area contributed by atoms with Gasteiger partial charge >= 0.3 is 6.18 Å². The van der Waals surface area contributed by atoms with Crippen molar-refractivity contribution in [3.8, 4) is 23.0 Å². The van der Waals surface area contributed by atoms with Crippen LogP contribution in [0.15, 0.2) is 42.6 Å². The van der Waals surface area contributed by atoms with Gasteiger partial charge in [-0.15, -0.1) is 0 Å². The molecule has 3 aromatic rings. The van der Waals surface area contributed by atoms with Crippen LogP contribution in [0, 0.1) is 0 Å². The molecule has 3 aliphatic heterocycles. The van der Waals surface area contributed by atoms with Crippen molar-refractivity contribution in [2.24, 2.45) is 0 Å². The zero-order valence-corrected chi connectivity index (χ0v) is 24.3. The predicted molar refractivity (Wildman–Crippen MR) is 153 cm³/mol. The highest BCUT2D eigenvalue weighted by Crippen LogP contribution is 2.44. The first-order valence-electron chi connectivity index (χ1n) is 14.7. The van der Waals surface area contributed by atoms with Crippen LogP contribution in [0.5, 0.6) is 11.8 Å². The summed E-state index contributed by atoms with van der Waals surface area (Å²) in [5, 5.41) is 3.46. The molecule has 0 aliphatic carbocycles. The van der Waals surface area contributed by atoms with Crippen molar-refractivity contribution in [3.63, 3.8) is 0 Å². The minimum absolute atomic E-state index is 0.187. The Bertz CT molecular complexity index is 1490. The van der Waals surface area contributed by atoms with Crippen LogP contribution in [0.1, 0.15) is 53.5 Å². The Labute approximate surface area is 248 Å². The van der Waals surface area contributed by atoms with Gasteiger partial charge in [-0.25, -0.2) is 9.97 Å². The summed E-state index contributed by atoms with van der Waals surface area (Å²) in [4.78, 5) is 30.6. The summed E-state index contributed by atoms with van der Waals surface area (Å²) in [7, 11) is 1.24. The highest BCUT2D eigenvalue weighted by molar-refractivity contribution is 5.95. The SMILES string of the molecule is CCOc1ncccc1-c1ccc2c(n1)CN(C1CCNC1)CC21CCN(C(=O)c2ccc(OC)nc2C(F)(F)F)CC1. The lowest BCUT2D eigenvalue weighted by atomic mass is 9.69. The van der Waals surface area contributed by atoms with Crippen LogP contribution in [-0.2, 0) is 18.1 Å². The second-order valence-corrected chi connectivity index (χ2v) is 11.4. The first-order chi connectivity index (χ1) is 20.7. The van der Waals surface area contributed by atoms with E-state index in [1.54, 1.807) is 6.20 Å². The van der Waals surface area contributed by atoms with Gasteiger partial charge in [0.15, 0.2) is 5.69 Å². The number of nitrogens with zero attached hydrogens (tertiary/aromatic N) is 5. The summed E-state index contributed by atoms with van der Waals surface area (Å²) >= 11 is 0. The number of carbonyl (C=O) groups is 1. The third kappa shape index (κ3) is 5.65. The number of aromatic nitrogens is 3. The van der Waals surface area contributed by atoms with Crippen molar-refractivity contribution < 1.29 is 27.4 Å². The standard InChI is InChI=1S/C31H35F3N6O3/c1-3-43-28-21(5-4-13-36-28)24-8-7-23-25(37-24)18-40(20-10-14-35-17-20)19-30(23)11-15-39(16-12-30)29(41)22-6-9-26(42-2)38-27(22)31(32,33)34/h4-9,13,20,35H,3,10-12,14-19H2,1-2H3. The van der Waals surface area contributed by atoms with Crippen LogP contribution >= 0.6 is 0 Å². The molecule has 3 aromatic heterocycles. The van der Waals surface area contributed by atoms with Crippen molar-refractivity contribution in [2.45, 2.75) is 50.4 Å². The van der Waals surface area contributed by atoms with Crippen molar-refractivity contribution in [1.29, 1.82) is 0 Å². The van der Waals surface area contributed by atoms with Crippen LogP contribution < -0.4 is 14.8 Å². The van der Waals surface area contributed by atoms with E-state index < -0.39 is 23.3 Å². The lowest BCUT2D eigenvalue weighted by Gasteiger charge is -2.49. The molecule has 0 bridgehead atoms. The second-order valence-electron chi connectivity index (χ2n) is 11.4. The van der Waals surface area contributed by atoms with E-state index >= 15 is 0 Å². The maximum Gasteiger partial charge on any atom is 0.434 e. The summed E-state index contributed by atoms with van der Waals surface area (Å²) in [6.45, 7) is 6.45. The van der Waals surface area contributed by atoms with Crippen LogP contribution in [0.25, 0.3) is 11.3 Å². The summed E-state index contributed by atoms with van der Waals surface area (Å²) in [5.41, 5.74) is 1.79. The Hall–Kier alpha value is -3.77. The molecule has 2 fully saturated rings. The highest BCUT2D eigenvalue weighted by Gasteiger charge is 2.46. The largest absolute Gasteiger partial charge is 0.481 e. The molecule has 9 nitrogen and oxygen atoms in total. The molecule has 0 radical (unpaired) electrons. The van der Waals surface area contributed by atoms with E-state index in [1.807, 2.05) is 25.1 Å². The Kier molecular flexibility index (Phi) is 7.99. The average molecular weight is 597 g/mol. The van der Waals surface area contributed by atoms with Crippen molar-refractivity contribution in [1.82, 2.24) is 30.1 Å². The van der Waals surface area contributed by atoms with Gasteiger partial charge in [0, 0.05) is 56.4 Å². The topological polar surface area (TPSA) is 92.7 Å². The Morgan fingerprint density at radius 2 is 1.95 bits per heavy atom. The summed E-state index contributed by atoms with van der Waals surface area (Å²) in [5.74, 6) is -0.315. The number of hydrogen-bond acceptors (Lipinski definition) is 8. The molecule has 1 spiro atoms. The van der Waals surface area contributed by atoms with E-state index in [4.69, 9.17) is 14.5 Å². The van der Waals surface area contributed by atoms with Gasteiger partial charge in [-0.3, -0.25) is 14.7 Å². The smallest absolute Gasteiger partial charge is 0.434 e. The number of rotatable bonds is 6. The number of likely N-dealkylation sites (tertiary alicyclic amines) is 1. The molecule has 1 atom stereocenters. The molecule has 12 heteroatoms. The third-order valence-corrected chi connectivity index (χ3v) is 8.87. The van der Waals surface area contributed by atoms with E-state index in [2.05, 4.69) is 26.3 Å². The molecule has 1 amide bonds. The molecule has 1 unspecified atom stereocenters. The summed E-state index contributed by atoms with van der Waals surface area (Å²) in [6, 6.07) is 10.8. The number of hydrogen-bond donors (Lipinski definition) is 1. The van der Waals surface area contributed by atoms with Gasteiger partial charge in [0.1, 0.15) is 0 Å². The predicted octanol–water partition coefficient (Wildman–Crippen LogP) is 4.32. The molecule has 228 valence electrons. The van der Waals surface area contributed by atoms with Gasteiger partial charge in [0.2, 0.25) is 11.8 Å². The summed E-state index contributed by atoms with van der Waals surface area (Å²) < 4.78 is 52.2. The number of halogens is 3. The summed E-state index contributed by atoms with van der Waals surface area (Å²) in [6.07, 6.45) is -0.811. The quantitative estimate of drug-likeness (QED) is 0.450. The molecular formula is C31H35F3N6O3. The third-order valence-electron chi connectivity index (χ3n) is 8.87. The fraction of sp³-hybridized carbons (Fsp3) is 0.484. The van der Waals surface area contributed by atoms with Crippen LogP contribution in [-0.4, -0.2) is 83.1 Å². The maximum absolute atomic E-state index is 13.8. The average Bonchev–Trinajstić information content (AvgIpc) is 3.56. The number of carbonyl (C=O) groups excluding carboxylic acids is 1. The van der Waals surface area contributed by atoms with Crippen molar-refractivity contribution in [3.05, 3.63) is 65.1 Å². The van der Waals surface area contributed by atoms with E-state index in [-0.39, 0.29) is 11.3 Å². The molecule has 0 aromatic carbocycles. The molecule has 2 saturated heterocycles. The number of amides is 1. The number of fused-ring (bicyclic) bond motifs is 2. The lowest BCUT2D eigenvalue weighted by Crippen LogP contribution is -2.55. The number of pyridine rings is 3. The highest BCUT2D eigenvalue weighted by atomic mass is 19.4. The maximum atomic E-state index is 13.8. The number of piperidine rings is 1. The molecule has 6 heterocycles. The van der Waals surface area contributed by atoms with E-state index in [0.29, 0.717) is 51.0 Å². The van der Waals surface area contributed by atoms with Crippen LogP contribution in [0.2, 0.25) is 0 Å². The molecule has 0 saturated carbocycles.